The summed E-state index contributed by atoms with van der Waals surface area (Å²) in [6, 6.07) is 13.4. The third-order valence-electron chi connectivity index (χ3n) is 5.20. The lowest BCUT2D eigenvalue weighted by Gasteiger charge is -2.17. The number of nitrogens with zero attached hydrogens (tertiary/aromatic N) is 3. The van der Waals surface area contributed by atoms with Crippen molar-refractivity contribution in [2.75, 3.05) is 41.7 Å². The quantitative estimate of drug-likeness (QED) is 0.238. The van der Waals surface area contributed by atoms with E-state index in [9.17, 15) is 30.5 Å². The number of nitro groups is 1. The molecule has 10 nitrogen and oxygen atoms in total. The Kier molecular flexibility index (Phi) is 10.4. The number of halogens is 2. The summed E-state index contributed by atoms with van der Waals surface area (Å²) in [6.07, 6.45) is -2.80. The van der Waals surface area contributed by atoms with Gasteiger partial charge < -0.3 is 36.0 Å². The number of non-ortho nitro benzene ring substituents is 1. The number of hydrogen-bond acceptors (Lipinski definition) is 9. The second-order valence-corrected chi connectivity index (χ2v) is 7.44. The third kappa shape index (κ3) is 6.83. The highest BCUT2D eigenvalue weighted by Crippen LogP contribution is 2.23. The van der Waals surface area contributed by atoms with E-state index in [-0.39, 0.29) is 30.5 Å². The van der Waals surface area contributed by atoms with Gasteiger partial charge in [-0.15, -0.1) is 24.8 Å². The molecule has 178 valence electrons. The zero-order chi connectivity index (χ0) is 21.8. The summed E-state index contributed by atoms with van der Waals surface area (Å²) < 4.78 is 0. The van der Waals surface area contributed by atoms with E-state index in [4.69, 9.17) is 5.73 Å². The van der Waals surface area contributed by atoms with Crippen LogP contribution >= 0.6 is 24.8 Å². The molecule has 0 spiro atoms. The lowest BCUT2D eigenvalue weighted by Crippen LogP contribution is -2.22. The van der Waals surface area contributed by atoms with Crippen LogP contribution in [0.1, 0.15) is 0 Å². The Labute approximate surface area is 197 Å². The molecule has 4 atom stereocenters. The first-order chi connectivity index (χ1) is 14.2. The predicted octanol–water partition coefficient (Wildman–Crippen LogP) is 0.791. The topological polar surface area (TPSA) is 157 Å². The van der Waals surface area contributed by atoms with Crippen molar-refractivity contribution < 1.29 is 25.3 Å². The minimum absolute atomic E-state index is 0. The van der Waals surface area contributed by atoms with E-state index in [1.807, 2.05) is 29.2 Å². The molecule has 4 rings (SSSR count). The molecule has 2 aromatic carbocycles. The second-order valence-electron chi connectivity index (χ2n) is 7.44. The summed E-state index contributed by atoms with van der Waals surface area (Å²) in [5.74, 6) is 0. The highest BCUT2D eigenvalue weighted by Gasteiger charge is 2.30. The van der Waals surface area contributed by atoms with Crippen LogP contribution in [-0.4, -0.2) is 75.9 Å². The molecule has 0 bridgehead atoms. The van der Waals surface area contributed by atoms with Gasteiger partial charge >= 0.3 is 0 Å². The molecule has 0 radical (unpaired) electrons. The van der Waals surface area contributed by atoms with Gasteiger partial charge in [-0.2, -0.15) is 0 Å². The summed E-state index contributed by atoms with van der Waals surface area (Å²) in [6.45, 7) is 1.65. The number of benzene rings is 2. The highest BCUT2D eigenvalue weighted by atomic mass is 35.5. The van der Waals surface area contributed by atoms with Crippen molar-refractivity contribution in [2.24, 2.45) is 0 Å². The summed E-state index contributed by atoms with van der Waals surface area (Å²) >= 11 is 0. The molecular weight excluding hydrogens is 463 g/mol. The maximum Gasteiger partial charge on any atom is 0.269 e. The van der Waals surface area contributed by atoms with Crippen LogP contribution in [0.3, 0.4) is 0 Å². The van der Waals surface area contributed by atoms with Crippen molar-refractivity contribution in [3.63, 3.8) is 0 Å². The van der Waals surface area contributed by atoms with E-state index in [0.717, 1.165) is 11.4 Å². The first-order valence-electron chi connectivity index (χ1n) is 9.56. The first kappa shape index (κ1) is 27.7. The molecular formula is C20H28Cl2N4O6. The van der Waals surface area contributed by atoms with Gasteiger partial charge in [-0.05, 0) is 36.4 Å². The minimum Gasteiger partial charge on any atom is -0.399 e. The van der Waals surface area contributed by atoms with Crippen LogP contribution in [0.4, 0.5) is 22.7 Å². The number of nitrogen functional groups attached to an aromatic ring is 1. The molecule has 12 heteroatoms. The van der Waals surface area contributed by atoms with E-state index < -0.39 is 29.3 Å². The van der Waals surface area contributed by atoms with Crippen molar-refractivity contribution in [2.45, 2.75) is 24.4 Å². The van der Waals surface area contributed by atoms with Crippen molar-refractivity contribution in [3.05, 3.63) is 58.6 Å². The maximum atomic E-state index is 10.4. The molecule has 6 N–H and O–H groups in total. The van der Waals surface area contributed by atoms with Gasteiger partial charge in [-0.1, -0.05) is 0 Å². The molecule has 0 aromatic heterocycles. The van der Waals surface area contributed by atoms with E-state index >= 15 is 0 Å². The molecule has 2 saturated heterocycles. The number of β-amino-alcohol motifs (C(OH)–C–C–N with tert-alkyl or cyclic N) is 4. The van der Waals surface area contributed by atoms with Crippen LogP contribution < -0.4 is 15.5 Å². The normalized spacial score (nSPS) is 24.1. The molecule has 32 heavy (non-hydrogen) atoms. The SMILES string of the molecule is Cl.Cl.Nc1ccc(N2C[C@@H](O)[C@@H](O)C2)cc1.O=[N+]([O-])c1ccc(N2C[C@@H](O)[C@@H](O)C2)cc1. The van der Waals surface area contributed by atoms with Crippen molar-refractivity contribution in [1.29, 1.82) is 0 Å². The van der Waals surface area contributed by atoms with Gasteiger partial charge in [0, 0.05) is 55.4 Å². The standard InChI is InChI=1S/C10H12N2O4.C10H14N2O2.2ClH/c13-9-5-11(6-10(9)14)7-1-3-8(4-2-7)12(15)16;11-7-1-3-8(4-2-7)12-5-9(13)10(14)6-12;;/h1-4,9-10,13-14H,5-6H2;1-4,9-10,13-14H,5-6,11H2;2*1H/t2*9-,10+;;. The zero-order valence-electron chi connectivity index (χ0n) is 17.1. The van der Waals surface area contributed by atoms with Crippen LogP contribution in [0.15, 0.2) is 48.5 Å². The van der Waals surface area contributed by atoms with Crippen LogP contribution in [0, 0.1) is 10.1 Å². The molecule has 2 aromatic rings. The van der Waals surface area contributed by atoms with Crippen molar-refractivity contribution in [1.82, 2.24) is 0 Å². The summed E-state index contributed by atoms with van der Waals surface area (Å²) in [4.78, 5) is 13.7. The number of nitrogens with two attached hydrogens (primary N) is 1. The van der Waals surface area contributed by atoms with E-state index in [1.165, 1.54) is 12.1 Å². The predicted molar refractivity (Wildman–Crippen MR) is 127 cm³/mol. The minimum atomic E-state index is -0.754. The average molecular weight is 491 g/mol. The largest absolute Gasteiger partial charge is 0.399 e. The van der Waals surface area contributed by atoms with Crippen LogP contribution in [0.5, 0.6) is 0 Å². The van der Waals surface area contributed by atoms with Gasteiger partial charge in [-0.25, -0.2) is 0 Å². The van der Waals surface area contributed by atoms with E-state index in [1.54, 1.807) is 17.0 Å². The molecule has 2 aliphatic heterocycles. The Hall–Kier alpha value is -2.34. The maximum absolute atomic E-state index is 10.4. The van der Waals surface area contributed by atoms with Crippen LogP contribution in [0.2, 0.25) is 0 Å². The van der Waals surface area contributed by atoms with Gasteiger partial charge in [0.1, 0.15) is 0 Å². The van der Waals surface area contributed by atoms with E-state index in [2.05, 4.69) is 0 Å². The third-order valence-corrected chi connectivity index (χ3v) is 5.20. The van der Waals surface area contributed by atoms with E-state index in [0.29, 0.717) is 31.9 Å². The van der Waals surface area contributed by atoms with Gasteiger partial charge in [-0.3, -0.25) is 10.1 Å². The van der Waals surface area contributed by atoms with Crippen molar-refractivity contribution >= 4 is 47.6 Å². The first-order valence-corrected chi connectivity index (χ1v) is 9.56. The van der Waals surface area contributed by atoms with Crippen molar-refractivity contribution in [3.8, 4) is 0 Å². The fraction of sp³-hybridized carbons (Fsp3) is 0.400. The van der Waals surface area contributed by atoms with Crippen LogP contribution in [0.25, 0.3) is 0 Å². The molecule has 2 heterocycles. The Balaban J connectivity index is 0.000000303. The Morgan fingerprint density at radius 3 is 1.34 bits per heavy atom. The number of aliphatic hydroxyl groups excluding tert-OH is 4. The number of rotatable bonds is 3. The van der Waals surface area contributed by atoms with Gasteiger partial charge in [0.15, 0.2) is 0 Å². The summed E-state index contributed by atoms with van der Waals surface area (Å²) in [5.41, 5.74) is 8.06. The number of nitro benzene ring substituents is 1. The molecule has 0 aliphatic carbocycles. The molecule has 0 saturated carbocycles. The Morgan fingerprint density at radius 2 is 1.03 bits per heavy atom. The Bertz CT molecular complexity index is 838. The lowest BCUT2D eigenvalue weighted by molar-refractivity contribution is -0.384. The monoisotopic (exact) mass is 490 g/mol. The molecule has 2 aliphatic rings. The fourth-order valence-electron chi connectivity index (χ4n) is 3.43. The van der Waals surface area contributed by atoms with Gasteiger partial charge in [0.25, 0.3) is 5.69 Å². The zero-order valence-corrected chi connectivity index (χ0v) is 18.7. The smallest absolute Gasteiger partial charge is 0.269 e. The Morgan fingerprint density at radius 1 is 0.719 bits per heavy atom. The number of anilines is 3. The number of hydrogen-bond donors (Lipinski definition) is 5. The fourth-order valence-corrected chi connectivity index (χ4v) is 3.43. The highest BCUT2D eigenvalue weighted by molar-refractivity contribution is 5.85. The average Bonchev–Trinajstić information content (AvgIpc) is 3.24. The molecule has 0 unspecified atom stereocenters. The van der Waals surface area contributed by atoms with Gasteiger partial charge in [0.05, 0.1) is 29.3 Å². The second kappa shape index (κ2) is 12.0. The van der Waals surface area contributed by atoms with Crippen LogP contribution in [-0.2, 0) is 0 Å². The lowest BCUT2D eigenvalue weighted by atomic mass is 10.2. The van der Waals surface area contributed by atoms with Gasteiger partial charge in [0.2, 0.25) is 0 Å². The molecule has 2 fully saturated rings. The summed E-state index contributed by atoms with van der Waals surface area (Å²) in [5, 5.41) is 47.9. The molecule has 0 amide bonds. The number of aliphatic hydroxyl groups is 4. The summed E-state index contributed by atoms with van der Waals surface area (Å²) in [7, 11) is 0.